The molecule has 0 aromatic heterocycles. The van der Waals surface area contributed by atoms with Crippen molar-refractivity contribution in [1.82, 2.24) is 4.83 Å². The molecule has 3 rings (SSSR count). The first-order chi connectivity index (χ1) is 13.0. The molecule has 3 aromatic rings. The number of halogens is 1. The van der Waals surface area contributed by atoms with E-state index in [1.807, 2.05) is 42.5 Å². The monoisotopic (exact) mass is 444 g/mol. The van der Waals surface area contributed by atoms with Crippen molar-refractivity contribution in [3.05, 3.63) is 94.5 Å². The highest BCUT2D eigenvalue weighted by Gasteiger charge is 2.11. The number of benzene rings is 3. The summed E-state index contributed by atoms with van der Waals surface area (Å²) in [5.41, 5.74) is 1.69. The van der Waals surface area contributed by atoms with Gasteiger partial charge in [0.25, 0.3) is 10.0 Å². The van der Waals surface area contributed by atoms with Crippen LogP contribution in [0, 0.1) is 0 Å². The number of hydrazone groups is 1. The highest BCUT2D eigenvalue weighted by Crippen LogP contribution is 2.18. The summed E-state index contributed by atoms with van der Waals surface area (Å²) in [4.78, 5) is 2.37. The highest BCUT2D eigenvalue weighted by molar-refractivity contribution is 9.10. The van der Waals surface area contributed by atoms with Crippen LogP contribution in [0.25, 0.3) is 0 Å². The topological polar surface area (TPSA) is 67.8 Å². The molecule has 0 saturated carbocycles. The van der Waals surface area contributed by atoms with Gasteiger partial charge in [0.05, 0.1) is 11.1 Å². The van der Waals surface area contributed by atoms with Crippen LogP contribution in [0.1, 0.15) is 11.1 Å². The normalized spacial score (nSPS) is 11.4. The number of hydrogen-bond donors (Lipinski definition) is 1. The second kappa shape index (κ2) is 8.83. The number of nitrogens with one attached hydrogen (secondary N) is 1. The molecular weight excluding hydrogens is 428 g/mol. The van der Waals surface area contributed by atoms with E-state index in [9.17, 15) is 8.42 Å². The highest BCUT2D eigenvalue weighted by atomic mass is 79.9. The van der Waals surface area contributed by atoms with Crippen LogP contribution in [-0.2, 0) is 16.6 Å². The summed E-state index contributed by atoms with van der Waals surface area (Å²) < 4.78 is 31.2. The van der Waals surface area contributed by atoms with E-state index < -0.39 is 10.0 Å². The first-order valence-corrected chi connectivity index (χ1v) is 10.4. The Hall–Kier alpha value is -2.64. The molecule has 0 atom stereocenters. The minimum atomic E-state index is -3.70. The minimum absolute atomic E-state index is 0.155. The lowest BCUT2D eigenvalue weighted by atomic mass is 10.2. The number of para-hydroxylation sites is 1. The number of ether oxygens (including phenoxy) is 1. The molecule has 0 fully saturated rings. The summed E-state index contributed by atoms with van der Waals surface area (Å²) >= 11 is 3.40. The van der Waals surface area contributed by atoms with Crippen molar-refractivity contribution < 1.29 is 13.2 Å². The van der Waals surface area contributed by atoms with Gasteiger partial charge in [-0.1, -0.05) is 58.4 Å². The maximum Gasteiger partial charge on any atom is 0.276 e. The molecule has 0 unspecified atom stereocenters. The van der Waals surface area contributed by atoms with Gasteiger partial charge in [0.1, 0.15) is 12.4 Å². The first kappa shape index (κ1) is 19.1. The molecule has 0 aliphatic rings. The van der Waals surface area contributed by atoms with Gasteiger partial charge in [-0.25, -0.2) is 4.83 Å². The Kier molecular flexibility index (Phi) is 6.26. The second-order valence-electron chi connectivity index (χ2n) is 5.62. The van der Waals surface area contributed by atoms with Crippen molar-refractivity contribution >= 4 is 32.2 Å². The Morgan fingerprint density at radius 3 is 2.33 bits per heavy atom. The molecule has 0 spiro atoms. The van der Waals surface area contributed by atoms with Gasteiger partial charge in [-0.05, 0) is 42.0 Å². The lowest BCUT2D eigenvalue weighted by Gasteiger charge is -2.09. The molecule has 138 valence electrons. The summed E-state index contributed by atoms with van der Waals surface area (Å²) in [5, 5.41) is 3.87. The van der Waals surface area contributed by atoms with Crippen LogP contribution in [0.4, 0.5) is 0 Å². The molecule has 5 nitrogen and oxygen atoms in total. The van der Waals surface area contributed by atoms with E-state index in [4.69, 9.17) is 4.74 Å². The van der Waals surface area contributed by atoms with Crippen molar-refractivity contribution in [2.24, 2.45) is 5.10 Å². The van der Waals surface area contributed by atoms with E-state index in [2.05, 4.69) is 25.9 Å². The van der Waals surface area contributed by atoms with Crippen LogP contribution in [0.15, 0.2) is 93.3 Å². The standard InChI is InChI=1S/C20H17BrN2O3S/c21-18-12-10-16(11-13-18)15-26-20-9-5-4-6-17(20)14-22-23-27(24,25)19-7-2-1-3-8-19/h1-14,23H,15H2/b22-14-. The third kappa shape index (κ3) is 5.42. The Balaban J connectivity index is 1.68. The predicted octanol–water partition coefficient (Wildman–Crippen LogP) is 4.34. The average Bonchev–Trinajstić information content (AvgIpc) is 2.69. The van der Waals surface area contributed by atoms with Crippen LogP contribution in [0.5, 0.6) is 5.75 Å². The summed E-state index contributed by atoms with van der Waals surface area (Å²) in [6, 6.07) is 23.2. The Labute approximate surface area is 166 Å². The SMILES string of the molecule is O=S(=O)(N/N=C\c1ccccc1OCc1ccc(Br)cc1)c1ccccc1. The van der Waals surface area contributed by atoms with Crippen LogP contribution in [0.3, 0.4) is 0 Å². The molecule has 0 heterocycles. The smallest absolute Gasteiger partial charge is 0.276 e. The van der Waals surface area contributed by atoms with Crippen LogP contribution >= 0.6 is 15.9 Å². The zero-order valence-corrected chi connectivity index (χ0v) is 16.7. The summed E-state index contributed by atoms with van der Waals surface area (Å²) in [5.74, 6) is 0.614. The van der Waals surface area contributed by atoms with Crippen LogP contribution in [-0.4, -0.2) is 14.6 Å². The zero-order valence-electron chi connectivity index (χ0n) is 14.2. The molecule has 3 aromatic carbocycles. The fourth-order valence-corrected chi connectivity index (χ4v) is 3.35. The van der Waals surface area contributed by atoms with Crippen LogP contribution < -0.4 is 9.57 Å². The lowest BCUT2D eigenvalue weighted by molar-refractivity contribution is 0.306. The molecule has 7 heteroatoms. The lowest BCUT2D eigenvalue weighted by Crippen LogP contribution is -2.18. The van der Waals surface area contributed by atoms with E-state index in [1.165, 1.54) is 18.3 Å². The number of sulfonamides is 1. The van der Waals surface area contributed by atoms with Crippen molar-refractivity contribution in [2.75, 3.05) is 0 Å². The quantitative estimate of drug-likeness (QED) is 0.435. The van der Waals surface area contributed by atoms with Gasteiger partial charge in [0.2, 0.25) is 0 Å². The first-order valence-electron chi connectivity index (χ1n) is 8.11. The second-order valence-corrected chi connectivity index (χ2v) is 8.20. The van der Waals surface area contributed by atoms with Gasteiger partial charge in [-0.15, -0.1) is 0 Å². The fraction of sp³-hybridized carbons (Fsp3) is 0.0500. The third-order valence-electron chi connectivity index (χ3n) is 3.66. The fourth-order valence-electron chi connectivity index (χ4n) is 2.28. The van der Waals surface area contributed by atoms with Crippen LogP contribution in [0.2, 0.25) is 0 Å². The van der Waals surface area contributed by atoms with E-state index in [0.717, 1.165) is 10.0 Å². The Morgan fingerprint density at radius 1 is 0.926 bits per heavy atom. The van der Waals surface area contributed by atoms with Gasteiger partial charge < -0.3 is 4.74 Å². The maximum atomic E-state index is 12.2. The number of nitrogens with zero attached hydrogens (tertiary/aromatic N) is 1. The minimum Gasteiger partial charge on any atom is -0.488 e. The molecular formula is C20H17BrN2O3S. The summed E-state index contributed by atoms with van der Waals surface area (Å²) in [6.07, 6.45) is 1.43. The average molecular weight is 445 g/mol. The van der Waals surface area contributed by atoms with E-state index >= 15 is 0 Å². The summed E-state index contributed by atoms with van der Waals surface area (Å²) in [6.45, 7) is 0.397. The third-order valence-corrected chi connectivity index (χ3v) is 5.42. The van der Waals surface area contributed by atoms with E-state index in [0.29, 0.717) is 17.9 Å². The van der Waals surface area contributed by atoms with E-state index in [1.54, 1.807) is 24.3 Å². The molecule has 0 aliphatic heterocycles. The molecule has 0 aliphatic carbocycles. The van der Waals surface area contributed by atoms with E-state index in [-0.39, 0.29) is 4.90 Å². The zero-order chi connectivity index (χ0) is 19.1. The molecule has 0 saturated heterocycles. The predicted molar refractivity (Wildman–Crippen MR) is 109 cm³/mol. The van der Waals surface area contributed by atoms with Gasteiger partial charge in [0, 0.05) is 10.0 Å². The Morgan fingerprint density at radius 2 is 1.59 bits per heavy atom. The van der Waals surface area contributed by atoms with Crippen molar-refractivity contribution in [3.63, 3.8) is 0 Å². The Bertz CT molecular complexity index is 1020. The molecule has 1 N–H and O–H groups in total. The summed E-state index contributed by atoms with van der Waals surface area (Å²) in [7, 11) is -3.70. The maximum absolute atomic E-state index is 12.2. The van der Waals surface area contributed by atoms with Crippen molar-refractivity contribution in [3.8, 4) is 5.75 Å². The van der Waals surface area contributed by atoms with Gasteiger partial charge >= 0.3 is 0 Å². The van der Waals surface area contributed by atoms with Crippen molar-refractivity contribution in [1.29, 1.82) is 0 Å². The van der Waals surface area contributed by atoms with Gasteiger partial charge in [-0.2, -0.15) is 13.5 Å². The van der Waals surface area contributed by atoms with Gasteiger partial charge in [0.15, 0.2) is 0 Å². The molecule has 0 radical (unpaired) electrons. The number of rotatable bonds is 7. The molecule has 0 bridgehead atoms. The molecule has 27 heavy (non-hydrogen) atoms. The largest absolute Gasteiger partial charge is 0.488 e. The molecule has 0 amide bonds. The number of hydrogen-bond acceptors (Lipinski definition) is 4. The van der Waals surface area contributed by atoms with Crippen molar-refractivity contribution in [2.45, 2.75) is 11.5 Å². The van der Waals surface area contributed by atoms with Gasteiger partial charge in [-0.3, -0.25) is 0 Å².